The van der Waals surface area contributed by atoms with Crippen LogP contribution in [0.3, 0.4) is 0 Å². The van der Waals surface area contributed by atoms with Gasteiger partial charge in [0, 0.05) is 19.4 Å². The van der Waals surface area contributed by atoms with Gasteiger partial charge in [0.05, 0.1) is 18.2 Å². The van der Waals surface area contributed by atoms with Crippen LogP contribution in [-0.2, 0) is 13.6 Å². The number of carbonyl (C=O) groups is 1. The first-order valence-electron chi connectivity index (χ1n) is 6.06. The topological polar surface area (TPSA) is 112 Å². The highest BCUT2D eigenvalue weighted by molar-refractivity contribution is 5.92. The molecular weight excluding hydrogens is 274 g/mol. The Labute approximate surface area is 118 Å². The monoisotopic (exact) mass is 285 g/mol. The standard InChI is InChI=1S/C12H11N7O2/c1-18-7-13-5-8(18)11-10(12(20)21)16-17-19(11)6-9-14-3-2-4-15-9/h2-5,7H,6H2,1H3,(H,20,21). The van der Waals surface area contributed by atoms with Crippen LogP contribution in [0.25, 0.3) is 11.4 Å². The second-order valence-corrected chi connectivity index (χ2v) is 4.30. The molecule has 3 aromatic heterocycles. The van der Waals surface area contributed by atoms with E-state index in [1.54, 1.807) is 42.6 Å². The van der Waals surface area contributed by atoms with E-state index in [0.29, 0.717) is 17.2 Å². The van der Waals surface area contributed by atoms with Crippen LogP contribution in [0.1, 0.15) is 16.3 Å². The molecule has 3 rings (SSSR count). The Bertz CT molecular complexity index is 778. The van der Waals surface area contributed by atoms with Crippen molar-refractivity contribution in [1.82, 2.24) is 34.5 Å². The van der Waals surface area contributed by atoms with E-state index in [0.717, 1.165) is 0 Å². The molecule has 0 radical (unpaired) electrons. The molecule has 0 aliphatic carbocycles. The van der Waals surface area contributed by atoms with Gasteiger partial charge in [-0.2, -0.15) is 0 Å². The third-order valence-electron chi connectivity index (χ3n) is 2.91. The number of carboxylic acids is 1. The largest absolute Gasteiger partial charge is 0.476 e. The molecule has 9 heteroatoms. The zero-order valence-corrected chi connectivity index (χ0v) is 11.1. The molecule has 0 aromatic carbocycles. The molecule has 106 valence electrons. The second-order valence-electron chi connectivity index (χ2n) is 4.30. The zero-order chi connectivity index (χ0) is 14.8. The number of hydrogen-bond donors (Lipinski definition) is 1. The van der Waals surface area contributed by atoms with E-state index in [1.165, 1.54) is 4.68 Å². The maximum Gasteiger partial charge on any atom is 0.358 e. The van der Waals surface area contributed by atoms with Crippen LogP contribution < -0.4 is 0 Å². The van der Waals surface area contributed by atoms with Gasteiger partial charge in [0.25, 0.3) is 0 Å². The molecule has 0 atom stereocenters. The molecule has 0 fully saturated rings. The normalized spacial score (nSPS) is 10.7. The summed E-state index contributed by atoms with van der Waals surface area (Å²) in [6.45, 7) is 0.224. The Kier molecular flexibility index (Phi) is 3.14. The summed E-state index contributed by atoms with van der Waals surface area (Å²) in [5.74, 6) is -0.630. The van der Waals surface area contributed by atoms with Crippen molar-refractivity contribution in [3.63, 3.8) is 0 Å². The first-order chi connectivity index (χ1) is 10.2. The summed E-state index contributed by atoms with van der Waals surface area (Å²) in [4.78, 5) is 23.5. The molecule has 21 heavy (non-hydrogen) atoms. The maximum absolute atomic E-state index is 11.3. The predicted octanol–water partition coefficient (Wildman–Crippen LogP) is 0.215. The number of hydrogen-bond acceptors (Lipinski definition) is 6. The summed E-state index contributed by atoms with van der Waals surface area (Å²) in [6.07, 6.45) is 6.37. The van der Waals surface area contributed by atoms with Crippen LogP contribution >= 0.6 is 0 Å². The number of nitrogens with zero attached hydrogens (tertiary/aromatic N) is 7. The van der Waals surface area contributed by atoms with Crippen molar-refractivity contribution in [2.45, 2.75) is 6.54 Å². The van der Waals surface area contributed by atoms with Crippen molar-refractivity contribution in [2.24, 2.45) is 7.05 Å². The molecule has 0 aliphatic heterocycles. The smallest absolute Gasteiger partial charge is 0.358 e. The van der Waals surface area contributed by atoms with Gasteiger partial charge < -0.3 is 9.67 Å². The number of aromatic carboxylic acids is 1. The number of aromatic nitrogens is 7. The van der Waals surface area contributed by atoms with Gasteiger partial charge in [-0.25, -0.2) is 24.4 Å². The van der Waals surface area contributed by atoms with Crippen LogP contribution in [-0.4, -0.2) is 45.6 Å². The lowest BCUT2D eigenvalue weighted by atomic mass is 10.2. The summed E-state index contributed by atoms with van der Waals surface area (Å²) < 4.78 is 3.16. The summed E-state index contributed by atoms with van der Waals surface area (Å²) in [7, 11) is 1.77. The molecular formula is C12H11N7O2. The van der Waals surface area contributed by atoms with Gasteiger partial charge in [0.2, 0.25) is 0 Å². The summed E-state index contributed by atoms with van der Waals surface area (Å²) in [6, 6.07) is 1.70. The molecule has 0 saturated carbocycles. The average molecular weight is 285 g/mol. The first-order valence-corrected chi connectivity index (χ1v) is 6.06. The van der Waals surface area contributed by atoms with E-state index in [-0.39, 0.29) is 12.2 Å². The average Bonchev–Trinajstić information content (AvgIpc) is 3.06. The minimum absolute atomic E-state index is 0.130. The van der Waals surface area contributed by atoms with Crippen LogP contribution in [0.2, 0.25) is 0 Å². The van der Waals surface area contributed by atoms with Gasteiger partial charge in [-0.3, -0.25) is 0 Å². The van der Waals surface area contributed by atoms with E-state index in [4.69, 9.17) is 0 Å². The third kappa shape index (κ3) is 2.36. The number of rotatable bonds is 4. The summed E-state index contributed by atoms with van der Waals surface area (Å²) >= 11 is 0. The first kappa shape index (κ1) is 12.9. The third-order valence-corrected chi connectivity index (χ3v) is 2.91. The molecule has 9 nitrogen and oxygen atoms in total. The highest BCUT2D eigenvalue weighted by Crippen LogP contribution is 2.21. The SMILES string of the molecule is Cn1cncc1-c1c(C(=O)O)nnn1Cc1ncccn1. The fourth-order valence-corrected chi connectivity index (χ4v) is 1.95. The Morgan fingerprint density at radius 3 is 2.71 bits per heavy atom. The van der Waals surface area contributed by atoms with Crippen molar-refractivity contribution in [2.75, 3.05) is 0 Å². The van der Waals surface area contributed by atoms with Crippen LogP contribution in [0.4, 0.5) is 0 Å². The minimum Gasteiger partial charge on any atom is -0.476 e. The molecule has 0 amide bonds. The predicted molar refractivity (Wildman–Crippen MR) is 70.3 cm³/mol. The highest BCUT2D eigenvalue weighted by atomic mass is 16.4. The van der Waals surface area contributed by atoms with Gasteiger partial charge in [-0.15, -0.1) is 5.10 Å². The fraction of sp³-hybridized carbons (Fsp3) is 0.167. The lowest BCUT2D eigenvalue weighted by molar-refractivity contribution is 0.0691. The van der Waals surface area contributed by atoms with Crippen molar-refractivity contribution in [1.29, 1.82) is 0 Å². The van der Waals surface area contributed by atoms with Crippen LogP contribution in [0.5, 0.6) is 0 Å². The highest BCUT2D eigenvalue weighted by Gasteiger charge is 2.23. The zero-order valence-electron chi connectivity index (χ0n) is 11.1. The second kappa shape index (κ2) is 5.12. The van der Waals surface area contributed by atoms with Crippen LogP contribution in [0.15, 0.2) is 31.0 Å². The lowest BCUT2D eigenvalue weighted by Crippen LogP contribution is -2.10. The van der Waals surface area contributed by atoms with Crippen molar-refractivity contribution in [3.8, 4) is 11.4 Å². The van der Waals surface area contributed by atoms with Gasteiger partial charge >= 0.3 is 5.97 Å². The molecule has 3 aromatic rings. The molecule has 0 aliphatic rings. The molecule has 0 bridgehead atoms. The summed E-state index contributed by atoms with van der Waals surface area (Å²) in [5, 5.41) is 16.9. The van der Waals surface area contributed by atoms with Crippen LogP contribution in [0, 0.1) is 0 Å². The molecule has 0 spiro atoms. The Morgan fingerprint density at radius 2 is 2.10 bits per heavy atom. The van der Waals surface area contributed by atoms with Crippen molar-refractivity contribution >= 4 is 5.97 Å². The Morgan fingerprint density at radius 1 is 1.33 bits per heavy atom. The molecule has 3 heterocycles. The van der Waals surface area contributed by atoms with E-state index >= 15 is 0 Å². The van der Waals surface area contributed by atoms with E-state index < -0.39 is 5.97 Å². The Hall–Kier alpha value is -3.10. The van der Waals surface area contributed by atoms with E-state index in [1.807, 2.05) is 0 Å². The maximum atomic E-state index is 11.3. The quantitative estimate of drug-likeness (QED) is 0.729. The number of imidazole rings is 1. The molecule has 0 saturated heterocycles. The Balaban J connectivity index is 2.10. The molecule has 0 unspecified atom stereocenters. The lowest BCUT2D eigenvalue weighted by Gasteiger charge is -2.06. The minimum atomic E-state index is -1.15. The number of aryl methyl sites for hydroxylation is 1. The van der Waals surface area contributed by atoms with E-state index in [9.17, 15) is 9.90 Å². The van der Waals surface area contributed by atoms with Gasteiger partial charge in [-0.1, -0.05) is 5.21 Å². The van der Waals surface area contributed by atoms with Gasteiger partial charge in [0.1, 0.15) is 18.1 Å². The van der Waals surface area contributed by atoms with Crippen molar-refractivity contribution in [3.05, 3.63) is 42.5 Å². The van der Waals surface area contributed by atoms with E-state index in [2.05, 4.69) is 25.3 Å². The van der Waals surface area contributed by atoms with Gasteiger partial charge in [-0.05, 0) is 6.07 Å². The summed E-state index contributed by atoms with van der Waals surface area (Å²) in [5.41, 5.74) is 0.845. The van der Waals surface area contributed by atoms with Crippen molar-refractivity contribution < 1.29 is 9.90 Å². The fourth-order valence-electron chi connectivity index (χ4n) is 1.95. The van der Waals surface area contributed by atoms with Gasteiger partial charge in [0.15, 0.2) is 5.69 Å². The number of carboxylic acid groups (broad SMARTS) is 1. The molecule has 1 N–H and O–H groups in total.